The van der Waals surface area contributed by atoms with Gasteiger partial charge >= 0.3 is 51.4 Å². The fraction of sp³-hybridized carbons (Fsp3) is 0.0500. The van der Waals surface area contributed by atoms with Crippen LogP contribution in [0, 0.1) is 6.92 Å². The first kappa shape index (κ1) is 15.1. The molecule has 0 radical (unpaired) electrons. The van der Waals surface area contributed by atoms with Gasteiger partial charge in [-0.3, -0.25) is 0 Å². The Morgan fingerprint density at radius 3 is 2.29 bits per heavy atom. The first-order valence-electron chi connectivity index (χ1n) is 6.96. The number of rotatable bonds is 1. The van der Waals surface area contributed by atoms with Crippen LogP contribution in [0.4, 0.5) is 0 Å². The second kappa shape index (κ2) is 6.11. The first-order valence-corrected chi connectivity index (χ1v) is 6.96. The van der Waals surface area contributed by atoms with E-state index in [1.165, 1.54) is 38.2 Å². The minimum Gasteiger partial charge on any atom is -0.145 e. The smallest absolute Gasteiger partial charge is 0.145 e. The zero-order valence-electron chi connectivity index (χ0n) is 12.4. The van der Waals surface area contributed by atoms with Gasteiger partial charge in [0.15, 0.2) is 0 Å². The maximum Gasteiger partial charge on any atom is 1.00 e. The zero-order valence-corrected chi connectivity index (χ0v) is 15.6. The molecular weight excluding hydrogens is 279 g/mol. The topological polar surface area (TPSA) is 0 Å². The van der Waals surface area contributed by atoms with Gasteiger partial charge in [0.1, 0.15) is 0 Å². The quantitative estimate of drug-likeness (QED) is 0.374. The van der Waals surface area contributed by atoms with Crippen LogP contribution in [-0.2, 0) is 0 Å². The molecule has 0 N–H and O–H groups in total. The molecule has 96 valence electrons. The zero-order chi connectivity index (χ0) is 13.5. The molecule has 0 nitrogen and oxygen atoms in total. The van der Waals surface area contributed by atoms with Gasteiger partial charge in [0.2, 0.25) is 0 Å². The van der Waals surface area contributed by atoms with Crippen LogP contribution < -0.4 is 51.4 Å². The third-order valence-electron chi connectivity index (χ3n) is 3.94. The van der Waals surface area contributed by atoms with Gasteiger partial charge in [0, 0.05) is 0 Å². The Balaban J connectivity index is 0.00000132. The summed E-state index contributed by atoms with van der Waals surface area (Å²) < 4.78 is 0. The van der Waals surface area contributed by atoms with Crippen LogP contribution in [0.1, 0.15) is 5.56 Å². The molecule has 0 aliphatic carbocycles. The summed E-state index contributed by atoms with van der Waals surface area (Å²) in [5.74, 6) is 0. The summed E-state index contributed by atoms with van der Waals surface area (Å²) in [4.78, 5) is 0. The minimum absolute atomic E-state index is 0. The molecule has 0 saturated heterocycles. The molecule has 0 saturated carbocycles. The number of hydrogen-bond acceptors (Lipinski definition) is 0. The van der Waals surface area contributed by atoms with Crippen LogP contribution in [0.2, 0.25) is 0 Å². The average molecular weight is 294 g/mol. The Hall–Kier alpha value is -0.834. The van der Waals surface area contributed by atoms with E-state index in [2.05, 4.69) is 79.7 Å². The van der Waals surface area contributed by atoms with Crippen molar-refractivity contribution in [2.45, 2.75) is 6.92 Å². The van der Waals surface area contributed by atoms with Crippen LogP contribution in [0.5, 0.6) is 0 Å². The Morgan fingerprint density at radius 1 is 0.762 bits per heavy atom. The molecule has 4 aromatic carbocycles. The molecule has 0 bridgehead atoms. The molecule has 4 rings (SSSR count). The monoisotopic (exact) mass is 294 g/mol. The van der Waals surface area contributed by atoms with E-state index in [0.29, 0.717) is 0 Å². The molecule has 0 atom stereocenters. The Bertz CT molecular complexity index is 882. The van der Waals surface area contributed by atoms with Crippen molar-refractivity contribution in [1.82, 2.24) is 0 Å². The Labute approximate surface area is 167 Å². The van der Waals surface area contributed by atoms with E-state index >= 15 is 0 Å². The van der Waals surface area contributed by atoms with Crippen LogP contribution in [0.25, 0.3) is 32.7 Å². The molecule has 0 aliphatic rings. The summed E-state index contributed by atoms with van der Waals surface area (Å²) in [7, 11) is 0. The van der Waals surface area contributed by atoms with E-state index in [9.17, 15) is 0 Å². The number of fused-ring (bicyclic) bond motifs is 2. The molecule has 0 fully saturated rings. The van der Waals surface area contributed by atoms with Gasteiger partial charge in [-0.25, -0.2) is 0 Å². The van der Waals surface area contributed by atoms with E-state index in [4.69, 9.17) is 0 Å². The van der Waals surface area contributed by atoms with E-state index in [1.807, 2.05) is 0 Å². The minimum atomic E-state index is 0. The standard InChI is InChI=1S/C20H15.K/c1-14-10-17-8-4-5-9-19(17)20(11-14)18-12-15-6-2-3-7-16(15)13-18;/h2-13H,1H3;/q-1;+1. The third-order valence-corrected chi connectivity index (χ3v) is 3.94. The van der Waals surface area contributed by atoms with Crippen LogP contribution in [0.3, 0.4) is 0 Å². The van der Waals surface area contributed by atoms with Crippen molar-refractivity contribution in [3.63, 3.8) is 0 Å². The fourth-order valence-corrected chi connectivity index (χ4v) is 3.01. The van der Waals surface area contributed by atoms with Gasteiger partial charge in [0.25, 0.3) is 0 Å². The molecule has 0 heterocycles. The first-order chi connectivity index (χ1) is 9.81. The van der Waals surface area contributed by atoms with E-state index in [0.717, 1.165) is 0 Å². The Kier molecular flexibility index (Phi) is 4.39. The molecule has 4 aromatic rings. The number of hydrogen-bond donors (Lipinski definition) is 0. The van der Waals surface area contributed by atoms with Gasteiger partial charge in [-0.1, -0.05) is 65.7 Å². The van der Waals surface area contributed by atoms with Crippen LogP contribution in [-0.4, -0.2) is 0 Å². The summed E-state index contributed by atoms with van der Waals surface area (Å²) in [6, 6.07) is 26.3. The fourth-order valence-electron chi connectivity index (χ4n) is 3.01. The number of benzene rings is 3. The summed E-state index contributed by atoms with van der Waals surface area (Å²) >= 11 is 0. The van der Waals surface area contributed by atoms with Crippen LogP contribution >= 0.6 is 0 Å². The van der Waals surface area contributed by atoms with Crippen molar-refractivity contribution < 1.29 is 51.4 Å². The third kappa shape index (κ3) is 2.77. The molecule has 0 aliphatic heterocycles. The van der Waals surface area contributed by atoms with Gasteiger partial charge in [0.05, 0.1) is 0 Å². The molecule has 0 aromatic heterocycles. The SMILES string of the molecule is Cc1cc(-c2cc3ccccc3[cH-]2)c2ccccc2c1.[K+]. The molecule has 0 spiro atoms. The maximum absolute atomic E-state index is 2.29. The van der Waals surface area contributed by atoms with Crippen LogP contribution in [0.15, 0.2) is 72.8 Å². The molecule has 0 amide bonds. The second-order valence-electron chi connectivity index (χ2n) is 5.41. The van der Waals surface area contributed by atoms with E-state index < -0.39 is 0 Å². The summed E-state index contributed by atoms with van der Waals surface area (Å²) in [5.41, 5.74) is 3.95. The average Bonchev–Trinajstić information content (AvgIpc) is 2.90. The van der Waals surface area contributed by atoms with Crippen molar-refractivity contribution in [3.05, 3.63) is 78.4 Å². The van der Waals surface area contributed by atoms with Crippen molar-refractivity contribution >= 4 is 21.5 Å². The summed E-state index contributed by atoms with van der Waals surface area (Å²) in [6.45, 7) is 2.17. The summed E-state index contributed by atoms with van der Waals surface area (Å²) in [6.07, 6.45) is 0. The van der Waals surface area contributed by atoms with Gasteiger partial charge in [-0.05, 0) is 17.7 Å². The second-order valence-corrected chi connectivity index (χ2v) is 5.41. The summed E-state index contributed by atoms with van der Waals surface area (Å²) in [5, 5.41) is 5.27. The number of aryl methyl sites for hydroxylation is 1. The molecular formula is C20H15K. The van der Waals surface area contributed by atoms with Gasteiger partial charge in [-0.15, -0.1) is 34.5 Å². The van der Waals surface area contributed by atoms with Gasteiger partial charge < -0.3 is 0 Å². The largest absolute Gasteiger partial charge is 1.00 e. The normalized spacial score (nSPS) is 10.7. The predicted molar refractivity (Wildman–Crippen MR) is 87.2 cm³/mol. The maximum atomic E-state index is 2.29. The van der Waals surface area contributed by atoms with Crippen molar-refractivity contribution in [1.29, 1.82) is 0 Å². The van der Waals surface area contributed by atoms with E-state index in [1.54, 1.807) is 0 Å². The molecule has 21 heavy (non-hydrogen) atoms. The van der Waals surface area contributed by atoms with Gasteiger partial charge in [-0.2, -0.15) is 0 Å². The predicted octanol–water partition coefficient (Wildman–Crippen LogP) is 2.69. The molecule has 0 unspecified atom stereocenters. The van der Waals surface area contributed by atoms with Crippen molar-refractivity contribution in [2.75, 3.05) is 0 Å². The molecule has 1 heteroatoms. The van der Waals surface area contributed by atoms with Crippen molar-refractivity contribution in [2.24, 2.45) is 0 Å². The Morgan fingerprint density at radius 2 is 1.48 bits per heavy atom. The van der Waals surface area contributed by atoms with E-state index in [-0.39, 0.29) is 51.4 Å². The van der Waals surface area contributed by atoms with Crippen molar-refractivity contribution in [3.8, 4) is 11.1 Å².